The van der Waals surface area contributed by atoms with E-state index < -0.39 is 0 Å². The molecule has 1 N–H and O–H groups in total. The van der Waals surface area contributed by atoms with E-state index in [0.717, 1.165) is 22.0 Å². The third kappa shape index (κ3) is 3.94. The van der Waals surface area contributed by atoms with Crippen molar-refractivity contribution in [2.75, 3.05) is 7.05 Å². The van der Waals surface area contributed by atoms with E-state index in [4.69, 9.17) is 16.3 Å². The van der Waals surface area contributed by atoms with Gasteiger partial charge in [0.05, 0.1) is 11.9 Å². The molecule has 100 valence electrons. The first-order chi connectivity index (χ1) is 9.19. The summed E-state index contributed by atoms with van der Waals surface area (Å²) in [5.74, 6) is 0.757. The third-order valence-electron chi connectivity index (χ3n) is 2.93. The van der Waals surface area contributed by atoms with Crippen LogP contribution in [0.4, 0.5) is 0 Å². The van der Waals surface area contributed by atoms with Crippen molar-refractivity contribution in [3.8, 4) is 5.75 Å². The Hall–Kier alpha value is -1.58. The molecule has 19 heavy (non-hydrogen) atoms. The van der Waals surface area contributed by atoms with Crippen LogP contribution >= 0.6 is 11.6 Å². The highest BCUT2D eigenvalue weighted by Gasteiger charge is 2.04. The molecular weight excluding hydrogens is 260 g/mol. The summed E-state index contributed by atoms with van der Waals surface area (Å²) in [5, 5.41) is 3.87. The average molecular weight is 277 g/mol. The number of hydrogen-bond acceptors (Lipinski definition) is 3. The van der Waals surface area contributed by atoms with Crippen molar-refractivity contribution < 1.29 is 4.74 Å². The number of hydrogen-bond donors (Lipinski definition) is 1. The van der Waals surface area contributed by atoms with E-state index >= 15 is 0 Å². The van der Waals surface area contributed by atoms with Crippen molar-refractivity contribution in [2.24, 2.45) is 0 Å². The number of ether oxygens (including phenoxy) is 1. The maximum atomic E-state index is 5.92. The Labute approximate surface area is 118 Å². The van der Waals surface area contributed by atoms with Gasteiger partial charge in [-0.1, -0.05) is 23.7 Å². The molecule has 0 aliphatic heterocycles. The van der Waals surface area contributed by atoms with Gasteiger partial charge in [0.15, 0.2) is 0 Å². The van der Waals surface area contributed by atoms with Crippen LogP contribution in [-0.2, 0) is 6.61 Å². The summed E-state index contributed by atoms with van der Waals surface area (Å²) in [6.07, 6.45) is 1.74. The predicted molar refractivity (Wildman–Crippen MR) is 77.5 cm³/mol. The molecule has 0 bridgehead atoms. The first kappa shape index (κ1) is 13.8. The minimum atomic E-state index is 0.238. The summed E-state index contributed by atoms with van der Waals surface area (Å²) >= 11 is 5.92. The molecule has 4 heteroatoms. The van der Waals surface area contributed by atoms with Crippen LogP contribution < -0.4 is 10.1 Å². The molecule has 1 aromatic carbocycles. The van der Waals surface area contributed by atoms with Gasteiger partial charge in [-0.3, -0.25) is 4.98 Å². The molecule has 2 rings (SSSR count). The van der Waals surface area contributed by atoms with Crippen molar-refractivity contribution in [1.29, 1.82) is 0 Å². The lowest BCUT2D eigenvalue weighted by Crippen LogP contribution is -2.13. The molecule has 2 aromatic rings. The number of benzene rings is 1. The summed E-state index contributed by atoms with van der Waals surface area (Å²) in [6, 6.07) is 11.8. The maximum absolute atomic E-state index is 5.92. The fourth-order valence-corrected chi connectivity index (χ4v) is 1.89. The molecule has 0 amide bonds. The molecule has 3 nitrogen and oxygen atoms in total. The quantitative estimate of drug-likeness (QED) is 0.906. The number of aromatic nitrogens is 1. The Kier molecular flexibility index (Phi) is 4.77. The number of pyridine rings is 1. The predicted octanol–water partition coefficient (Wildman–Crippen LogP) is 3.59. The number of rotatable bonds is 5. The lowest BCUT2D eigenvalue weighted by atomic mass is 10.2. The van der Waals surface area contributed by atoms with Crippen LogP contribution in [0.3, 0.4) is 0 Å². The first-order valence-electron chi connectivity index (χ1n) is 6.19. The van der Waals surface area contributed by atoms with Crippen molar-refractivity contribution in [3.05, 3.63) is 58.9 Å². The van der Waals surface area contributed by atoms with Crippen LogP contribution in [0.1, 0.15) is 24.2 Å². The second-order valence-electron chi connectivity index (χ2n) is 4.35. The minimum absolute atomic E-state index is 0.238. The highest BCUT2D eigenvalue weighted by molar-refractivity contribution is 6.30. The Morgan fingerprint density at radius 2 is 2.16 bits per heavy atom. The fourth-order valence-electron chi connectivity index (χ4n) is 1.67. The van der Waals surface area contributed by atoms with Gasteiger partial charge in [0, 0.05) is 11.1 Å². The summed E-state index contributed by atoms with van der Waals surface area (Å²) in [5.41, 5.74) is 2.04. The van der Waals surface area contributed by atoms with Crippen LogP contribution in [0, 0.1) is 0 Å². The summed E-state index contributed by atoms with van der Waals surface area (Å²) in [7, 11) is 1.91. The van der Waals surface area contributed by atoms with Crippen LogP contribution in [0.25, 0.3) is 0 Å². The van der Waals surface area contributed by atoms with E-state index in [2.05, 4.69) is 17.2 Å². The third-order valence-corrected chi connectivity index (χ3v) is 3.17. The fraction of sp³-hybridized carbons (Fsp3) is 0.267. The molecule has 1 atom stereocenters. The lowest BCUT2D eigenvalue weighted by Gasteiger charge is -2.10. The maximum Gasteiger partial charge on any atom is 0.138 e. The molecule has 1 unspecified atom stereocenters. The smallest absolute Gasteiger partial charge is 0.138 e. The SMILES string of the molecule is CNC(C)c1ccc(OCc2cccc(Cl)c2)cn1. The van der Waals surface area contributed by atoms with E-state index in [-0.39, 0.29) is 6.04 Å². The van der Waals surface area contributed by atoms with E-state index in [1.54, 1.807) is 6.20 Å². The van der Waals surface area contributed by atoms with E-state index in [1.165, 1.54) is 0 Å². The molecular formula is C15H17ClN2O. The summed E-state index contributed by atoms with van der Waals surface area (Å²) in [4.78, 5) is 4.37. The molecule has 0 saturated heterocycles. The van der Waals surface area contributed by atoms with Crippen LogP contribution in [0.15, 0.2) is 42.6 Å². The largest absolute Gasteiger partial charge is 0.487 e. The second-order valence-corrected chi connectivity index (χ2v) is 4.78. The van der Waals surface area contributed by atoms with E-state index in [0.29, 0.717) is 6.61 Å². The van der Waals surface area contributed by atoms with Gasteiger partial charge in [-0.15, -0.1) is 0 Å². The van der Waals surface area contributed by atoms with Crippen LogP contribution in [0.2, 0.25) is 5.02 Å². The van der Waals surface area contributed by atoms with Gasteiger partial charge in [-0.25, -0.2) is 0 Å². The topological polar surface area (TPSA) is 34.1 Å². The Morgan fingerprint density at radius 1 is 1.32 bits per heavy atom. The van der Waals surface area contributed by atoms with Crippen LogP contribution in [0.5, 0.6) is 5.75 Å². The molecule has 1 aromatic heterocycles. The molecule has 0 radical (unpaired) electrons. The van der Waals surface area contributed by atoms with Crippen LogP contribution in [-0.4, -0.2) is 12.0 Å². The number of nitrogens with zero attached hydrogens (tertiary/aromatic N) is 1. The van der Waals surface area contributed by atoms with Crippen molar-refractivity contribution in [3.63, 3.8) is 0 Å². The van der Waals surface area contributed by atoms with Gasteiger partial charge in [0.1, 0.15) is 12.4 Å². The highest BCUT2D eigenvalue weighted by atomic mass is 35.5. The number of halogens is 1. The second kappa shape index (κ2) is 6.55. The normalized spacial score (nSPS) is 12.2. The van der Waals surface area contributed by atoms with Gasteiger partial charge >= 0.3 is 0 Å². The molecule has 0 spiro atoms. The van der Waals surface area contributed by atoms with Crippen molar-refractivity contribution in [2.45, 2.75) is 19.6 Å². The molecule has 1 heterocycles. The summed E-state index contributed by atoms with van der Waals surface area (Å²) < 4.78 is 5.67. The number of nitrogens with one attached hydrogen (secondary N) is 1. The lowest BCUT2D eigenvalue weighted by molar-refractivity contribution is 0.304. The average Bonchev–Trinajstić information content (AvgIpc) is 2.45. The van der Waals surface area contributed by atoms with E-state index in [9.17, 15) is 0 Å². The van der Waals surface area contributed by atoms with E-state index in [1.807, 2.05) is 43.4 Å². The summed E-state index contributed by atoms with van der Waals surface area (Å²) in [6.45, 7) is 2.55. The van der Waals surface area contributed by atoms with Crippen molar-refractivity contribution >= 4 is 11.6 Å². The molecule has 0 aliphatic rings. The van der Waals surface area contributed by atoms with Crippen molar-refractivity contribution in [1.82, 2.24) is 10.3 Å². The van der Waals surface area contributed by atoms with Gasteiger partial charge in [-0.2, -0.15) is 0 Å². The zero-order chi connectivity index (χ0) is 13.7. The Morgan fingerprint density at radius 3 is 2.79 bits per heavy atom. The van der Waals surface area contributed by atoms with Gasteiger partial charge in [-0.05, 0) is 43.8 Å². The minimum Gasteiger partial charge on any atom is -0.487 e. The zero-order valence-electron chi connectivity index (χ0n) is 11.1. The Balaban J connectivity index is 1.96. The monoisotopic (exact) mass is 276 g/mol. The molecule has 0 aliphatic carbocycles. The standard InChI is InChI=1S/C15H17ClN2O/c1-11(17-2)15-7-6-14(9-18-15)19-10-12-4-3-5-13(16)8-12/h3-9,11,17H,10H2,1-2H3. The van der Waals surface area contributed by atoms with Gasteiger partial charge < -0.3 is 10.1 Å². The molecule has 0 saturated carbocycles. The molecule has 0 fully saturated rings. The van der Waals surface area contributed by atoms with Gasteiger partial charge in [0.25, 0.3) is 0 Å². The first-order valence-corrected chi connectivity index (χ1v) is 6.57. The Bertz CT molecular complexity index is 528. The zero-order valence-corrected chi connectivity index (χ0v) is 11.8. The highest BCUT2D eigenvalue weighted by Crippen LogP contribution is 2.16. The van der Waals surface area contributed by atoms with Gasteiger partial charge in [0.2, 0.25) is 0 Å².